The number of carbonyl (C=O) groups is 2. The van der Waals surface area contributed by atoms with Gasteiger partial charge in [-0.1, -0.05) is 17.7 Å². The predicted octanol–water partition coefficient (Wildman–Crippen LogP) is 1.19. The molecule has 0 radical (unpaired) electrons. The Labute approximate surface area is 118 Å². The lowest BCUT2D eigenvalue weighted by atomic mass is 10.1. The summed E-state index contributed by atoms with van der Waals surface area (Å²) in [6, 6.07) is 3.12. The summed E-state index contributed by atoms with van der Waals surface area (Å²) in [6.45, 7) is 1.24. The van der Waals surface area contributed by atoms with E-state index in [0.717, 1.165) is 16.7 Å². The van der Waals surface area contributed by atoms with Crippen molar-refractivity contribution in [3.63, 3.8) is 0 Å². The highest BCUT2D eigenvalue weighted by Gasteiger charge is 2.39. The number of carboxylic acids is 1. The first kappa shape index (κ1) is 14.1. The van der Waals surface area contributed by atoms with Crippen LogP contribution in [0.4, 0.5) is 4.39 Å². The first-order valence-corrected chi connectivity index (χ1v) is 6.91. The average Bonchev–Trinajstić information content (AvgIpc) is 2.73. The van der Waals surface area contributed by atoms with Crippen molar-refractivity contribution >= 4 is 35.2 Å². The van der Waals surface area contributed by atoms with E-state index in [1.54, 1.807) is 0 Å². The summed E-state index contributed by atoms with van der Waals surface area (Å²) in [5.74, 6) is -2.21. The van der Waals surface area contributed by atoms with Crippen LogP contribution in [0.15, 0.2) is 18.2 Å². The molecular formula is C12H10ClFNO3S-. The summed E-state index contributed by atoms with van der Waals surface area (Å²) in [5, 5.41) is 10.4. The van der Waals surface area contributed by atoms with E-state index in [1.165, 1.54) is 25.1 Å². The maximum atomic E-state index is 13.9. The molecule has 1 aromatic carbocycles. The minimum absolute atomic E-state index is 0.133. The topological polar surface area (TPSA) is 60.4 Å². The maximum Gasteiger partial charge on any atom is 0.221 e. The van der Waals surface area contributed by atoms with Gasteiger partial charge in [-0.25, -0.2) is 4.39 Å². The van der Waals surface area contributed by atoms with Crippen LogP contribution >= 0.6 is 23.4 Å². The average molecular weight is 303 g/mol. The fourth-order valence-electron chi connectivity index (χ4n) is 2.04. The number of hydrogen-bond acceptors (Lipinski definition) is 4. The molecule has 0 aromatic heterocycles. The molecule has 102 valence electrons. The molecule has 0 aliphatic carbocycles. The van der Waals surface area contributed by atoms with Crippen molar-refractivity contribution in [3.05, 3.63) is 34.6 Å². The molecule has 0 bridgehead atoms. The number of carboxylic acid groups (broad SMARTS) is 1. The zero-order valence-corrected chi connectivity index (χ0v) is 11.5. The van der Waals surface area contributed by atoms with Gasteiger partial charge in [0.2, 0.25) is 5.91 Å². The number of rotatable bonds is 2. The molecule has 2 atom stereocenters. The van der Waals surface area contributed by atoms with Crippen molar-refractivity contribution in [1.82, 2.24) is 4.90 Å². The number of nitrogens with zero attached hydrogens (tertiary/aromatic N) is 1. The first-order chi connectivity index (χ1) is 8.93. The standard InChI is InChI=1S/C12H11ClFNO3S/c1-6(16)15-9(12(17)18)5-19-11(15)10-7(13)3-2-4-8(10)14/h2-4,9,11H,5H2,1H3,(H,17,18)/p-1/t9-,11+/m1/s1. The Hall–Kier alpha value is -1.27. The molecular weight excluding hydrogens is 293 g/mol. The molecule has 0 unspecified atom stereocenters. The molecule has 1 saturated heterocycles. The minimum atomic E-state index is -1.35. The zero-order valence-electron chi connectivity index (χ0n) is 9.93. The Bertz CT molecular complexity index is 519. The highest BCUT2D eigenvalue weighted by Crippen LogP contribution is 2.44. The zero-order chi connectivity index (χ0) is 14.2. The summed E-state index contributed by atoms with van der Waals surface area (Å²) in [4.78, 5) is 23.7. The van der Waals surface area contributed by atoms with Crippen LogP contribution in [-0.4, -0.2) is 28.6 Å². The third-order valence-electron chi connectivity index (χ3n) is 2.88. The molecule has 7 heteroatoms. The van der Waals surface area contributed by atoms with Crippen LogP contribution in [-0.2, 0) is 9.59 Å². The third-order valence-corrected chi connectivity index (χ3v) is 4.50. The van der Waals surface area contributed by atoms with E-state index < -0.39 is 29.1 Å². The minimum Gasteiger partial charge on any atom is -0.548 e. The van der Waals surface area contributed by atoms with Crippen LogP contribution in [0, 0.1) is 5.82 Å². The fourth-order valence-corrected chi connectivity index (χ4v) is 3.90. The van der Waals surface area contributed by atoms with E-state index >= 15 is 0 Å². The van der Waals surface area contributed by atoms with Gasteiger partial charge in [0.05, 0.1) is 12.0 Å². The van der Waals surface area contributed by atoms with Gasteiger partial charge in [-0.3, -0.25) is 4.79 Å². The number of aliphatic carboxylic acids is 1. The van der Waals surface area contributed by atoms with Gasteiger partial charge in [0, 0.05) is 23.3 Å². The first-order valence-electron chi connectivity index (χ1n) is 5.48. The summed E-state index contributed by atoms with van der Waals surface area (Å²) in [7, 11) is 0. The van der Waals surface area contributed by atoms with Crippen molar-refractivity contribution in [2.24, 2.45) is 0 Å². The lowest BCUT2D eigenvalue weighted by molar-refractivity contribution is -0.310. The molecule has 1 heterocycles. The largest absolute Gasteiger partial charge is 0.548 e. The van der Waals surface area contributed by atoms with Crippen LogP contribution in [0.3, 0.4) is 0 Å². The van der Waals surface area contributed by atoms with Gasteiger partial charge >= 0.3 is 0 Å². The van der Waals surface area contributed by atoms with Crippen molar-refractivity contribution in [2.45, 2.75) is 18.3 Å². The van der Waals surface area contributed by atoms with E-state index in [2.05, 4.69) is 0 Å². The van der Waals surface area contributed by atoms with E-state index in [-0.39, 0.29) is 16.3 Å². The molecule has 0 saturated carbocycles. The number of halogens is 2. The molecule has 2 rings (SSSR count). The second kappa shape index (κ2) is 5.38. The molecule has 0 spiro atoms. The summed E-state index contributed by atoms with van der Waals surface area (Å²) < 4.78 is 13.9. The normalized spacial score (nSPS) is 22.6. The summed E-state index contributed by atoms with van der Waals surface area (Å²) in [6.07, 6.45) is 0. The summed E-state index contributed by atoms with van der Waals surface area (Å²) in [5.41, 5.74) is 0.133. The predicted molar refractivity (Wildman–Crippen MR) is 67.9 cm³/mol. The summed E-state index contributed by atoms with van der Waals surface area (Å²) >= 11 is 7.11. The Kier molecular flexibility index (Phi) is 4.01. The van der Waals surface area contributed by atoms with Crippen LogP contribution in [0.2, 0.25) is 5.02 Å². The van der Waals surface area contributed by atoms with Crippen molar-refractivity contribution in [1.29, 1.82) is 0 Å². The molecule has 1 amide bonds. The molecule has 0 N–H and O–H groups in total. The number of hydrogen-bond donors (Lipinski definition) is 0. The number of thioether (sulfide) groups is 1. The Morgan fingerprint density at radius 3 is 2.74 bits per heavy atom. The lowest BCUT2D eigenvalue weighted by Gasteiger charge is -2.29. The molecule has 1 aliphatic rings. The molecule has 1 fully saturated rings. The number of benzene rings is 1. The molecule has 1 aromatic rings. The van der Waals surface area contributed by atoms with Gasteiger partial charge in [0.15, 0.2) is 0 Å². The highest BCUT2D eigenvalue weighted by molar-refractivity contribution is 7.99. The number of amides is 1. The molecule has 19 heavy (non-hydrogen) atoms. The van der Waals surface area contributed by atoms with E-state index in [4.69, 9.17) is 11.6 Å². The van der Waals surface area contributed by atoms with Gasteiger partial charge < -0.3 is 14.8 Å². The van der Waals surface area contributed by atoms with Gasteiger partial charge in [0.1, 0.15) is 11.2 Å². The van der Waals surface area contributed by atoms with Crippen LogP contribution in [0.25, 0.3) is 0 Å². The monoisotopic (exact) mass is 302 g/mol. The van der Waals surface area contributed by atoms with Crippen LogP contribution in [0.5, 0.6) is 0 Å². The van der Waals surface area contributed by atoms with Gasteiger partial charge in [-0.05, 0) is 12.1 Å². The van der Waals surface area contributed by atoms with Gasteiger partial charge in [-0.2, -0.15) is 0 Å². The Morgan fingerprint density at radius 2 is 2.21 bits per heavy atom. The second-order valence-electron chi connectivity index (χ2n) is 4.08. The SMILES string of the molecule is CC(=O)N1[C@@H](C(=O)[O-])CS[C@H]1c1c(F)cccc1Cl. The Morgan fingerprint density at radius 1 is 1.53 bits per heavy atom. The molecule has 4 nitrogen and oxygen atoms in total. The maximum absolute atomic E-state index is 13.9. The smallest absolute Gasteiger partial charge is 0.221 e. The number of carbonyl (C=O) groups excluding carboxylic acids is 2. The Balaban J connectivity index is 2.45. The lowest BCUT2D eigenvalue weighted by Crippen LogP contribution is -2.48. The van der Waals surface area contributed by atoms with Crippen molar-refractivity contribution < 1.29 is 19.1 Å². The van der Waals surface area contributed by atoms with Crippen molar-refractivity contribution in [2.75, 3.05) is 5.75 Å². The van der Waals surface area contributed by atoms with Gasteiger partial charge in [-0.15, -0.1) is 11.8 Å². The quantitative estimate of drug-likeness (QED) is 0.823. The van der Waals surface area contributed by atoms with Crippen LogP contribution in [0.1, 0.15) is 17.9 Å². The van der Waals surface area contributed by atoms with E-state index in [9.17, 15) is 19.1 Å². The highest BCUT2D eigenvalue weighted by atomic mass is 35.5. The van der Waals surface area contributed by atoms with Crippen molar-refractivity contribution in [3.8, 4) is 0 Å². The van der Waals surface area contributed by atoms with Crippen LogP contribution < -0.4 is 5.11 Å². The fraction of sp³-hybridized carbons (Fsp3) is 0.333. The van der Waals surface area contributed by atoms with Gasteiger partial charge in [0.25, 0.3) is 0 Å². The van der Waals surface area contributed by atoms with E-state index in [0.29, 0.717) is 0 Å². The molecule has 1 aliphatic heterocycles. The second-order valence-corrected chi connectivity index (χ2v) is 5.60. The third kappa shape index (κ3) is 2.55. The van der Waals surface area contributed by atoms with E-state index in [1.807, 2.05) is 0 Å².